The van der Waals surface area contributed by atoms with Crippen molar-refractivity contribution in [2.75, 3.05) is 0 Å². The highest BCUT2D eigenvalue weighted by Gasteiger charge is 1.92. The molecule has 0 spiro atoms. The highest BCUT2D eigenvalue weighted by atomic mass is 14.0. The van der Waals surface area contributed by atoms with Crippen LogP contribution < -0.4 is 0 Å². The summed E-state index contributed by atoms with van der Waals surface area (Å²) in [6.07, 6.45) is 1.03. The Morgan fingerprint density at radius 2 is 0.519 bits per heavy atom. The molecule has 150 valence electrons. The van der Waals surface area contributed by atoms with Crippen LogP contribution in [0.3, 0.4) is 0 Å². The maximum atomic E-state index is 2.16. The molecule has 0 atom stereocenters. The van der Waals surface area contributed by atoms with Crippen LogP contribution in [0.2, 0.25) is 0 Å². The third-order valence-electron chi connectivity index (χ3n) is 2.76. The Morgan fingerprint density at radius 1 is 0.333 bits per heavy atom. The van der Waals surface area contributed by atoms with E-state index in [1.54, 1.807) is 0 Å². The Bertz CT molecular complexity index is 477. The summed E-state index contributed by atoms with van der Waals surface area (Å²) in [6.45, 7) is 16.0. The van der Waals surface area contributed by atoms with E-state index in [0.29, 0.717) is 0 Å². The third-order valence-corrected chi connectivity index (χ3v) is 2.76. The average molecular weight is 367 g/mol. The van der Waals surface area contributed by atoms with Gasteiger partial charge in [-0.3, -0.25) is 0 Å². The largest absolute Gasteiger partial charge is 0.0683 e. The highest BCUT2D eigenvalue weighted by Crippen LogP contribution is 2.07. The van der Waals surface area contributed by atoms with Crippen LogP contribution in [0.25, 0.3) is 0 Å². The third kappa shape index (κ3) is 19.8. The minimum Gasteiger partial charge on any atom is -0.0683 e. The fourth-order valence-corrected chi connectivity index (χ4v) is 1.81. The van der Waals surface area contributed by atoms with Crippen molar-refractivity contribution >= 4 is 0 Å². The lowest BCUT2D eigenvalue weighted by Crippen LogP contribution is -1.85. The van der Waals surface area contributed by atoms with Crippen LogP contribution in [0.1, 0.15) is 66.5 Å². The second-order valence-corrected chi connectivity index (χ2v) is 4.30. The molecule has 0 saturated heterocycles. The van der Waals surface area contributed by atoms with Crippen molar-refractivity contribution in [2.45, 2.75) is 61.8 Å². The molecule has 27 heavy (non-hydrogen) atoms. The second kappa shape index (κ2) is 28.5. The van der Waals surface area contributed by atoms with Crippen LogP contribution in [-0.4, -0.2) is 0 Å². The second-order valence-electron chi connectivity index (χ2n) is 4.30. The molecule has 3 aromatic rings. The molecule has 0 N–H and O–H groups in total. The van der Waals surface area contributed by atoms with E-state index >= 15 is 0 Å². The van der Waals surface area contributed by atoms with Crippen molar-refractivity contribution in [1.29, 1.82) is 0 Å². The molecule has 3 aromatic carbocycles. The van der Waals surface area contributed by atoms with E-state index < -0.39 is 0 Å². The lowest BCUT2D eigenvalue weighted by atomic mass is 10.1. The van der Waals surface area contributed by atoms with E-state index in [4.69, 9.17) is 0 Å². The molecule has 0 bridgehead atoms. The first-order valence-corrected chi connectivity index (χ1v) is 10.5. The first-order valence-electron chi connectivity index (χ1n) is 10.5. The Morgan fingerprint density at radius 3 is 0.741 bits per heavy atom. The zero-order chi connectivity index (χ0) is 21.2. The van der Waals surface area contributed by atoms with Crippen molar-refractivity contribution in [1.82, 2.24) is 0 Å². The highest BCUT2D eigenvalue weighted by molar-refractivity contribution is 5.25. The van der Waals surface area contributed by atoms with Gasteiger partial charge in [0.25, 0.3) is 0 Å². The molecule has 0 radical (unpaired) electrons. The lowest BCUT2D eigenvalue weighted by Gasteiger charge is -2.00. The van der Waals surface area contributed by atoms with Gasteiger partial charge in [-0.15, -0.1) is 0 Å². The predicted molar refractivity (Wildman–Crippen MR) is 128 cm³/mol. The first-order chi connectivity index (χ1) is 13.4. The molecule has 0 fully saturated rings. The summed E-state index contributed by atoms with van der Waals surface area (Å²) in [7, 11) is 0. The molecule has 0 heteroatoms. The van der Waals surface area contributed by atoms with Gasteiger partial charge in [0.15, 0.2) is 0 Å². The first kappa shape index (κ1) is 29.4. The minimum absolute atomic E-state index is 1.03. The quantitative estimate of drug-likeness (QED) is 0.424. The molecule has 0 aromatic heterocycles. The van der Waals surface area contributed by atoms with E-state index in [1.165, 1.54) is 11.1 Å². The Labute approximate surface area is 170 Å². The van der Waals surface area contributed by atoms with Gasteiger partial charge in [0.1, 0.15) is 0 Å². The standard InChI is InChI=1S/C13H12.C6H6.4C2H6/c1-3-7-12(8-4-1)11-13-9-5-2-6-10-13;1-2-4-6-5-3-1;4*1-2/h1-10H,11H2;1-6H;4*1-2H3. The maximum Gasteiger partial charge on any atom is -0.00258 e. The summed E-state index contributed by atoms with van der Waals surface area (Å²) in [4.78, 5) is 0. The monoisotopic (exact) mass is 366 g/mol. The Balaban J connectivity index is -0.000000347. The van der Waals surface area contributed by atoms with Gasteiger partial charge in [0, 0.05) is 0 Å². The van der Waals surface area contributed by atoms with E-state index in [1.807, 2.05) is 91.8 Å². The van der Waals surface area contributed by atoms with E-state index in [2.05, 4.69) is 60.7 Å². The van der Waals surface area contributed by atoms with E-state index in [9.17, 15) is 0 Å². The van der Waals surface area contributed by atoms with Gasteiger partial charge in [-0.05, 0) is 17.5 Å². The molecule has 0 aliphatic heterocycles. The molecule has 0 unspecified atom stereocenters. The van der Waals surface area contributed by atoms with Gasteiger partial charge in [0.05, 0.1) is 0 Å². The summed E-state index contributed by atoms with van der Waals surface area (Å²) in [5.41, 5.74) is 2.74. The smallest absolute Gasteiger partial charge is 0.00258 e. The SMILES string of the molecule is CC.CC.CC.CC.c1ccc(Cc2ccccc2)cc1.c1ccccc1. The average Bonchev–Trinajstić information content (AvgIpc) is 2.82. The van der Waals surface area contributed by atoms with Gasteiger partial charge in [-0.1, -0.05) is 152 Å². The van der Waals surface area contributed by atoms with Crippen molar-refractivity contribution in [2.24, 2.45) is 0 Å². The molecule has 0 saturated carbocycles. The van der Waals surface area contributed by atoms with Crippen molar-refractivity contribution in [3.05, 3.63) is 108 Å². The number of hydrogen-bond donors (Lipinski definition) is 0. The van der Waals surface area contributed by atoms with Crippen molar-refractivity contribution < 1.29 is 0 Å². The van der Waals surface area contributed by atoms with Crippen LogP contribution in [0, 0.1) is 0 Å². The van der Waals surface area contributed by atoms with Crippen molar-refractivity contribution in [3.8, 4) is 0 Å². The number of rotatable bonds is 2. The molecule has 0 aliphatic rings. The van der Waals surface area contributed by atoms with E-state index in [-0.39, 0.29) is 0 Å². The normalized spacial score (nSPS) is 7.41. The minimum atomic E-state index is 1.03. The molecule has 0 heterocycles. The number of hydrogen-bond acceptors (Lipinski definition) is 0. The molecular formula is C27H42. The summed E-state index contributed by atoms with van der Waals surface area (Å²) in [5, 5.41) is 0. The van der Waals surface area contributed by atoms with Crippen molar-refractivity contribution in [3.63, 3.8) is 0 Å². The lowest BCUT2D eigenvalue weighted by molar-refractivity contribution is 1.19. The Kier molecular flexibility index (Phi) is 31.0. The van der Waals surface area contributed by atoms with Crippen LogP contribution in [0.15, 0.2) is 97.1 Å². The van der Waals surface area contributed by atoms with Crippen LogP contribution in [0.4, 0.5) is 0 Å². The summed E-state index contributed by atoms with van der Waals surface area (Å²) < 4.78 is 0. The zero-order valence-electron chi connectivity index (χ0n) is 18.9. The maximum absolute atomic E-state index is 2.16. The summed E-state index contributed by atoms with van der Waals surface area (Å²) in [6, 6.07) is 33.1. The van der Waals surface area contributed by atoms with E-state index in [0.717, 1.165) is 6.42 Å². The van der Waals surface area contributed by atoms with Crippen LogP contribution in [-0.2, 0) is 6.42 Å². The van der Waals surface area contributed by atoms with Gasteiger partial charge < -0.3 is 0 Å². The summed E-state index contributed by atoms with van der Waals surface area (Å²) >= 11 is 0. The van der Waals surface area contributed by atoms with Gasteiger partial charge in [0.2, 0.25) is 0 Å². The summed E-state index contributed by atoms with van der Waals surface area (Å²) in [5.74, 6) is 0. The molecule has 0 nitrogen and oxygen atoms in total. The number of benzene rings is 3. The molecule has 0 aliphatic carbocycles. The van der Waals surface area contributed by atoms with Gasteiger partial charge >= 0.3 is 0 Å². The molecule has 3 rings (SSSR count). The fraction of sp³-hybridized carbons (Fsp3) is 0.333. The topological polar surface area (TPSA) is 0 Å². The zero-order valence-corrected chi connectivity index (χ0v) is 18.9. The molecular weight excluding hydrogens is 324 g/mol. The molecule has 0 amide bonds. The van der Waals surface area contributed by atoms with Gasteiger partial charge in [-0.2, -0.15) is 0 Å². The predicted octanol–water partition coefficient (Wildman–Crippen LogP) is 9.07. The van der Waals surface area contributed by atoms with Crippen LogP contribution in [0.5, 0.6) is 0 Å². The fourth-order valence-electron chi connectivity index (χ4n) is 1.81. The Hall–Kier alpha value is -2.34. The van der Waals surface area contributed by atoms with Crippen LogP contribution >= 0.6 is 0 Å². The van der Waals surface area contributed by atoms with Gasteiger partial charge in [-0.25, -0.2) is 0 Å².